The second-order valence-corrected chi connectivity index (χ2v) is 8.91. The first kappa shape index (κ1) is 24.8. The number of carbonyl (C=O) groups is 3. The number of fused-ring (bicyclic) bond motifs is 1. The third kappa shape index (κ3) is 6.37. The largest absolute Gasteiger partial charge is 0.397 e. The average molecular weight is 464 g/mol. The van der Waals surface area contributed by atoms with Gasteiger partial charge in [0.15, 0.2) is 0 Å². The van der Waals surface area contributed by atoms with Crippen LogP contribution in [-0.4, -0.2) is 35.8 Å². The van der Waals surface area contributed by atoms with Crippen molar-refractivity contribution >= 4 is 40.0 Å². The van der Waals surface area contributed by atoms with Gasteiger partial charge in [0.05, 0.1) is 11.4 Å². The van der Waals surface area contributed by atoms with Gasteiger partial charge in [0, 0.05) is 42.9 Å². The molecule has 0 saturated carbocycles. The highest BCUT2D eigenvalue weighted by Crippen LogP contribution is 2.22. The maximum absolute atomic E-state index is 13.3. The SMILES string of the molecule is CNC(=O)[C@H](Cc1c[nH]c2ccccc12)NC(=O)[C@@H](CC(=O)Nc1ccccc1N)CC(C)C. The fraction of sp³-hybridized carbons (Fsp3) is 0.346. The molecule has 3 amide bonds. The molecule has 3 aromatic rings. The molecule has 0 spiro atoms. The second-order valence-electron chi connectivity index (χ2n) is 8.91. The number of anilines is 2. The number of aromatic nitrogens is 1. The van der Waals surface area contributed by atoms with Crippen LogP contribution < -0.4 is 21.7 Å². The lowest BCUT2D eigenvalue weighted by Crippen LogP contribution is -2.49. The van der Waals surface area contributed by atoms with Gasteiger partial charge in [-0.1, -0.05) is 44.2 Å². The summed E-state index contributed by atoms with van der Waals surface area (Å²) in [6.07, 6.45) is 2.69. The van der Waals surface area contributed by atoms with Crippen LogP contribution in [0.15, 0.2) is 54.7 Å². The summed E-state index contributed by atoms with van der Waals surface area (Å²) in [4.78, 5) is 41.8. The van der Waals surface area contributed by atoms with E-state index in [1.807, 2.05) is 44.3 Å². The fourth-order valence-electron chi connectivity index (χ4n) is 4.08. The van der Waals surface area contributed by atoms with Crippen molar-refractivity contribution < 1.29 is 14.4 Å². The molecular weight excluding hydrogens is 430 g/mol. The number of benzene rings is 2. The van der Waals surface area contributed by atoms with Gasteiger partial charge in [0.2, 0.25) is 17.7 Å². The van der Waals surface area contributed by atoms with E-state index < -0.39 is 12.0 Å². The molecule has 0 fully saturated rings. The van der Waals surface area contributed by atoms with E-state index in [-0.39, 0.29) is 30.1 Å². The van der Waals surface area contributed by atoms with Gasteiger partial charge in [-0.25, -0.2) is 0 Å². The van der Waals surface area contributed by atoms with Crippen molar-refractivity contribution in [3.63, 3.8) is 0 Å². The Bertz CT molecular complexity index is 1150. The van der Waals surface area contributed by atoms with Gasteiger partial charge in [-0.2, -0.15) is 0 Å². The Morgan fingerprint density at radius 2 is 1.71 bits per heavy atom. The smallest absolute Gasteiger partial charge is 0.242 e. The summed E-state index contributed by atoms with van der Waals surface area (Å²) in [5, 5.41) is 9.31. The second kappa shape index (κ2) is 11.4. The van der Waals surface area contributed by atoms with Crippen molar-refractivity contribution in [2.24, 2.45) is 11.8 Å². The molecule has 3 rings (SSSR count). The predicted molar refractivity (Wildman–Crippen MR) is 135 cm³/mol. The molecule has 2 aromatic carbocycles. The van der Waals surface area contributed by atoms with Crippen LogP contribution in [0.4, 0.5) is 11.4 Å². The third-order valence-corrected chi connectivity index (χ3v) is 5.77. The zero-order valence-electron chi connectivity index (χ0n) is 19.9. The normalized spacial score (nSPS) is 12.8. The average Bonchev–Trinajstić information content (AvgIpc) is 3.21. The van der Waals surface area contributed by atoms with Crippen LogP contribution in [0.2, 0.25) is 0 Å². The number of para-hydroxylation sites is 3. The van der Waals surface area contributed by atoms with Crippen molar-refractivity contribution in [3.05, 3.63) is 60.3 Å². The molecule has 0 saturated heterocycles. The molecule has 180 valence electrons. The Kier molecular flexibility index (Phi) is 8.29. The maximum atomic E-state index is 13.3. The predicted octanol–water partition coefficient (Wildman–Crippen LogP) is 3.21. The zero-order valence-corrected chi connectivity index (χ0v) is 19.9. The quantitative estimate of drug-likeness (QED) is 0.296. The van der Waals surface area contributed by atoms with Crippen LogP contribution >= 0.6 is 0 Å². The summed E-state index contributed by atoms with van der Waals surface area (Å²) in [6, 6.07) is 14.0. The lowest BCUT2D eigenvalue weighted by atomic mass is 9.92. The standard InChI is InChI=1S/C26H33N5O3/c1-16(2)12-17(14-24(32)30-22-11-7-5-9-20(22)27)25(33)31-23(26(34)28-3)13-18-15-29-21-10-6-4-8-19(18)21/h4-11,15-17,23,29H,12-14,27H2,1-3H3,(H,28,34)(H,30,32)(H,31,33)/t17-,23+/m1/s1. The van der Waals surface area contributed by atoms with Crippen LogP contribution in [0.1, 0.15) is 32.3 Å². The summed E-state index contributed by atoms with van der Waals surface area (Å²) < 4.78 is 0. The topological polar surface area (TPSA) is 129 Å². The van der Waals surface area contributed by atoms with Crippen molar-refractivity contribution in [1.29, 1.82) is 0 Å². The number of hydrogen-bond donors (Lipinski definition) is 5. The molecule has 6 N–H and O–H groups in total. The van der Waals surface area contributed by atoms with Crippen LogP contribution in [0.5, 0.6) is 0 Å². The van der Waals surface area contributed by atoms with Crippen molar-refractivity contribution in [3.8, 4) is 0 Å². The highest BCUT2D eigenvalue weighted by Gasteiger charge is 2.28. The van der Waals surface area contributed by atoms with Gasteiger partial charge in [-0.05, 0) is 36.1 Å². The van der Waals surface area contributed by atoms with Gasteiger partial charge in [0.1, 0.15) is 6.04 Å². The minimum Gasteiger partial charge on any atom is -0.397 e. The Hall–Kier alpha value is -3.81. The zero-order chi connectivity index (χ0) is 24.7. The van der Waals surface area contributed by atoms with Crippen LogP contribution in [0.25, 0.3) is 10.9 Å². The van der Waals surface area contributed by atoms with Gasteiger partial charge >= 0.3 is 0 Å². The number of rotatable bonds is 10. The number of nitrogen functional groups attached to an aromatic ring is 1. The van der Waals surface area contributed by atoms with Gasteiger partial charge in [-0.15, -0.1) is 0 Å². The molecule has 8 heteroatoms. The summed E-state index contributed by atoms with van der Waals surface area (Å²) in [5.41, 5.74) is 8.79. The molecule has 34 heavy (non-hydrogen) atoms. The fourth-order valence-corrected chi connectivity index (χ4v) is 4.08. The summed E-state index contributed by atoms with van der Waals surface area (Å²) in [6.45, 7) is 3.99. The number of amides is 3. The van der Waals surface area contributed by atoms with Gasteiger partial charge < -0.3 is 26.7 Å². The molecule has 0 aliphatic carbocycles. The van der Waals surface area contributed by atoms with Crippen LogP contribution in [0.3, 0.4) is 0 Å². The molecule has 0 bridgehead atoms. The van der Waals surface area contributed by atoms with E-state index in [9.17, 15) is 14.4 Å². The van der Waals surface area contributed by atoms with Gasteiger partial charge in [-0.3, -0.25) is 14.4 Å². The minimum atomic E-state index is -0.765. The molecule has 0 radical (unpaired) electrons. The van der Waals surface area contributed by atoms with Crippen molar-refractivity contribution in [1.82, 2.24) is 15.6 Å². The number of hydrogen-bond acceptors (Lipinski definition) is 4. The number of carbonyl (C=O) groups excluding carboxylic acids is 3. The van der Waals surface area contributed by atoms with Gasteiger partial charge in [0.25, 0.3) is 0 Å². The number of nitrogens with two attached hydrogens (primary N) is 1. The molecule has 1 aromatic heterocycles. The van der Waals surface area contributed by atoms with E-state index in [1.54, 1.807) is 31.3 Å². The maximum Gasteiger partial charge on any atom is 0.242 e. The first-order chi connectivity index (χ1) is 16.3. The van der Waals surface area contributed by atoms with E-state index in [4.69, 9.17) is 5.73 Å². The Morgan fingerprint density at radius 1 is 1.00 bits per heavy atom. The van der Waals surface area contributed by atoms with E-state index in [1.165, 1.54) is 0 Å². The van der Waals surface area contributed by atoms with E-state index in [2.05, 4.69) is 20.9 Å². The van der Waals surface area contributed by atoms with E-state index in [0.29, 0.717) is 24.2 Å². The number of nitrogens with one attached hydrogen (secondary N) is 4. The van der Waals surface area contributed by atoms with E-state index >= 15 is 0 Å². The lowest BCUT2D eigenvalue weighted by Gasteiger charge is -2.23. The monoisotopic (exact) mass is 463 g/mol. The summed E-state index contributed by atoms with van der Waals surface area (Å²) in [5.74, 6) is -1.30. The lowest BCUT2D eigenvalue weighted by molar-refractivity contribution is -0.132. The first-order valence-corrected chi connectivity index (χ1v) is 11.5. The van der Waals surface area contributed by atoms with Crippen molar-refractivity contribution in [2.45, 2.75) is 39.2 Å². The molecule has 0 aliphatic rings. The Labute approximate surface area is 199 Å². The number of H-pyrrole nitrogens is 1. The molecule has 1 heterocycles. The minimum absolute atomic E-state index is 0.00804. The van der Waals surface area contributed by atoms with E-state index in [0.717, 1.165) is 16.5 Å². The highest BCUT2D eigenvalue weighted by molar-refractivity contribution is 5.97. The van der Waals surface area contributed by atoms with Crippen LogP contribution in [-0.2, 0) is 20.8 Å². The first-order valence-electron chi connectivity index (χ1n) is 11.5. The Morgan fingerprint density at radius 3 is 2.41 bits per heavy atom. The molecule has 2 atom stereocenters. The molecule has 0 aliphatic heterocycles. The molecular formula is C26H33N5O3. The van der Waals surface area contributed by atoms with Crippen LogP contribution in [0, 0.1) is 11.8 Å². The highest BCUT2D eigenvalue weighted by atomic mass is 16.2. The molecule has 0 unspecified atom stereocenters. The number of likely N-dealkylation sites (N-methyl/N-ethyl adjacent to an activating group) is 1. The van der Waals surface area contributed by atoms with Crippen molar-refractivity contribution in [2.75, 3.05) is 18.1 Å². The third-order valence-electron chi connectivity index (χ3n) is 5.77. The Balaban J connectivity index is 1.73. The summed E-state index contributed by atoms with van der Waals surface area (Å²) in [7, 11) is 1.54. The molecule has 8 nitrogen and oxygen atoms in total. The number of aromatic amines is 1. The summed E-state index contributed by atoms with van der Waals surface area (Å²) >= 11 is 0.